The summed E-state index contributed by atoms with van der Waals surface area (Å²) in [6, 6.07) is 7.43. The molecule has 0 spiro atoms. The lowest BCUT2D eigenvalue weighted by Gasteiger charge is -2.29. The molecule has 1 atom stereocenters. The Labute approximate surface area is 153 Å². The zero-order chi connectivity index (χ0) is 18.4. The highest BCUT2D eigenvalue weighted by atomic mass is 35.5. The molecule has 5 nitrogen and oxygen atoms in total. The highest BCUT2D eigenvalue weighted by molar-refractivity contribution is 6.30. The van der Waals surface area contributed by atoms with Crippen molar-refractivity contribution in [2.45, 2.75) is 33.1 Å². The molecule has 2 N–H and O–H groups in total. The smallest absolute Gasteiger partial charge is 0.308 e. The number of benzene rings is 1. The van der Waals surface area contributed by atoms with Gasteiger partial charge >= 0.3 is 5.97 Å². The molecule has 1 amide bonds. The number of carbonyl (C=O) groups excluding carboxylic acids is 1. The van der Waals surface area contributed by atoms with Crippen molar-refractivity contribution < 1.29 is 19.4 Å². The second kappa shape index (κ2) is 8.68. The van der Waals surface area contributed by atoms with E-state index in [0.29, 0.717) is 24.7 Å². The van der Waals surface area contributed by atoms with Gasteiger partial charge in [-0.1, -0.05) is 37.6 Å². The SMILES string of the molecule is CC(C)(Cc1cccc(Cl)c1)C(=O)NCC(C(=O)O)C1CCOCC1. The number of halogens is 1. The van der Waals surface area contributed by atoms with Crippen molar-refractivity contribution in [2.75, 3.05) is 19.8 Å². The molecule has 138 valence electrons. The number of nitrogens with one attached hydrogen (secondary N) is 1. The molecule has 0 aromatic heterocycles. The Morgan fingerprint density at radius 3 is 2.64 bits per heavy atom. The van der Waals surface area contributed by atoms with Gasteiger partial charge in [-0.15, -0.1) is 0 Å². The van der Waals surface area contributed by atoms with E-state index in [1.807, 2.05) is 32.0 Å². The Morgan fingerprint density at radius 1 is 1.36 bits per heavy atom. The highest BCUT2D eigenvalue weighted by Crippen LogP contribution is 2.26. The van der Waals surface area contributed by atoms with Crippen molar-refractivity contribution in [3.63, 3.8) is 0 Å². The Morgan fingerprint density at radius 2 is 2.04 bits per heavy atom. The first kappa shape index (κ1) is 19.7. The fourth-order valence-electron chi connectivity index (χ4n) is 3.25. The van der Waals surface area contributed by atoms with Crippen molar-refractivity contribution in [2.24, 2.45) is 17.3 Å². The maximum absolute atomic E-state index is 12.6. The van der Waals surface area contributed by atoms with E-state index in [4.69, 9.17) is 16.3 Å². The summed E-state index contributed by atoms with van der Waals surface area (Å²) in [6.07, 6.45) is 1.98. The lowest BCUT2D eigenvalue weighted by molar-refractivity contribution is -0.145. The third-order valence-corrected chi connectivity index (χ3v) is 5.02. The maximum Gasteiger partial charge on any atom is 0.308 e. The van der Waals surface area contributed by atoms with Crippen LogP contribution in [0.5, 0.6) is 0 Å². The number of ether oxygens (including phenoxy) is 1. The number of carboxylic acids is 1. The molecule has 1 aliphatic heterocycles. The molecule has 0 aliphatic carbocycles. The molecule has 1 saturated heterocycles. The molecule has 1 aromatic rings. The summed E-state index contributed by atoms with van der Waals surface area (Å²) in [5.74, 6) is -1.54. The van der Waals surface area contributed by atoms with Gasteiger partial charge in [-0.3, -0.25) is 9.59 Å². The molecule has 6 heteroatoms. The number of hydrogen-bond donors (Lipinski definition) is 2. The van der Waals surface area contributed by atoms with Crippen molar-refractivity contribution in [3.8, 4) is 0 Å². The lowest BCUT2D eigenvalue weighted by atomic mass is 9.83. The number of carbonyl (C=O) groups is 2. The Bertz CT molecular complexity index is 611. The minimum Gasteiger partial charge on any atom is -0.481 e. The van der Waals surface area contributed by atoms with E-state index in [2.05, 4.69) is 5.32 Å². The number of rotatable bonds is 7. The van der Waals surface area contributed by atoms with Crippen LogP contribution in [0.3, 0.4) is 0 Å². The van der Waals surface area contributed by atoms with Gasteiger partial charge in [0.15, 0.2) is 0 Å². The van der Waals surface area contributed by atoms with Gasteiger partial charge in [0.2, 0.25) is 5.91 Å². The van der Waals surface area contributed by atoms with Crippen LogP contribution in [-0.2, 0) is 20.7 Å². The first-order chi connectivity index (χ1) is 11.8. The Kier molecular flexibility index (Phi) is 6.85. The molecule has 1 unspecified atom stereocenters. The molecule has 0 saturated carbocycles. The Balaban J connectivity index is 1.95. The number of aliphatic carboxylic acids is 1. The summed E-state index contributed by atoms with van der Waals surface area (Å²) in [5, 5.41) is 13.0. The zero-order valence-corrected chi connectivity index (χ0v) is 15.5. The van der Waals surface area contributed by atoms with E-state index in [1.165, 1.54) is 0 Å². The number of hydrogen-bond acceptors (Lipinski definition) is 3. The zero-order valence-electron chi connectivity index (χ0n) is 14.8. The first-order valence-corrected chi connectivity index (χ1v) is 9.00. The summed E-state index contributed by atoms with van der Waals surface area (Å²) in [6.45, 7) is 5.03. The second-order valence-corrected chi connectivity index (χ2v) is 7.73. The van der Waals surface area contributed by atoms with Crippen LogP contribution in [0.4, 0.5) is 0 Å². The van der Waals surface area contributed by atoms with Gasteiger partial charge < -0.3 is 15.2 Å². The van der Waals surface area contributed by atoms with Crippen LogP contribution < -0.4 is 5.32 Å². The van der Waals surface area contributed by atoms with Crippen LogP contribution in [-0.4, -0.2) is 36.7 Å². The van der Waals surface area contributed by atoms with Crippen molar-refractivity contribution in [1.29, 1.82) is 0 Å². The first-order valence-electron chi connectivity index (χ1n) is 8.63. The van der Waals surface area contributed by atoms with Crippen LogP contribution >= 0.6 is 11.6 Å². The topological polar surface area (TPSA) is 75.6 Å². The van der Waals surface area contributed by atoms with Crippen LogP contribution in [0.15, 0.2) is 24.3 Å². The van der Waals surface area contributed by atoms with E-state index in [0.717, 1.165) is 18.4 Å². The third kappa shape index (κ3) is 5.72. The van der Waals surface area contributed by atoms with E-state index in [9.17, 15) is 14.7 Å². The minimum absolute atomic E-state index is 0.0441. The van der Waals surface area contributed by atoms with Crippen LogP contribution in [0, 0.1) is 17.3 Å². The molecule has 0 radical (unpaired) electrons. The molecule has 25 heavy (non-hydrogen) atoms. The summed E-state index contributed by atoms with van der Waals surface area (Å²) >= 11 is 6.00. The molecule has 1 heterocycles. The average molecular weight is 368 g/mol. The third-order valence-electron chi connectivity index (χ3n) is 4.78. The van der Waals surface area contributed by atoms with Crippen molar-refractivity contribution in [1.82, 2.24) is 5.32 Å². The fraction of sp³-hybridized carbons (Fsp3) is 0.579. The number of carboxylic acid groups (broad SMARTS) is 1. The van der Waals surface area contributed by atoms with E-state index < -0.39 is 17.3 Å². The summed E-state index contributed by atoms with van der Waals surface area (Å²) < 4.78 is 5.29. The largest absolute Gasteiger partial charge is 0.481 e. The summed E-state index contributed by atoms with van der Waals surface area (Å²) in [7, 11) is 0. The second-order valence-electron chi connectivity index (χ2n) is 7.30. The predicted molar refractivity (Wildman–Crippen MR) is 96.6 cm³/mol. The van der Waals surface area contributed by atoms with Crippen LogP contribution in [0.1, 0.15) is 32.3 Å². The van der Waals surface area contributed by atoms with Crippen LogP contribution in [0.2, 0.25) is 5.02 Å². The van der Waals surface area contributed by atoms with Crippen LogP contribution in [0.25, 0.3) is 0 Å². The monoisotopic (exact) mass is 367 g/mol. The van der Waals surface area contributed by atoms with Gasteiger partial charge in [-0.05, 0) is 42.9 Å². The van der Waals surface area contributed by atoms with Gasteiger partial charge in [0.05, 0.1) is 5.92 Å². The van der Waals surface area contributed by atoms with Gasteiger partial charge in [-0.25, -0.2) is 0 Å². The summed E-state index contributed by atoms with van der Waals surface area (Å²) in [4.78, 5) is 24.2. The average Bonchev–Trinajstić information content (AvgIpc) is 2.55. The predicted octanol–water partition coefficient (Wildman–Crippen LogP) is 3.15. The van der Waals surface area contributed by atoms with E-state index >= 15 is 0 Å². The normalized spacial score (nSPS) is 17.1. The molecular formula is C19H26ClNO4. The summed E-state index contributed by atoms with van der Waals surface area (Å²) in [5.41, 5.74) is 0.329. The standard InChI is InChI=1S/C19H26ClNO4/c1-19(2,11-13-4-3-5-15(20)10-13)18(24)21-12-16(17(22)23)14-6-8-25-9-7-14/h3-5,10,14,16H,6-9,11-12H2,1-2H3,(H,21,24)(H,22,23). The maximum atomic E-state index is 12.6. The molecule has 2 rings (SSSR count). The van der Waals surface area contributed by atoms with Gasteiger partial charge in [0.1, 0.15) is 0 Å². The Hall–Kier alpha value is -1.59. The fourth-order valence-corrected chi connectivity index (χ4v) is 3.47. The van der Waals surface area contributed by atoms with Crippen molar-refractivity contribution in [3.05, 3.63) is 34.9 Å². The van der Waals surface area contributed by atoms with Gasteiger partial charge in [-0.2, -0.15) is 0 Å². The number of amides is 1. The molecular weight excluding hydrogens is 342 g/mol. The molecule has 1 fully saturated rings. The van der Waals surface area contributed by atoms with Gasteiger partial charge in [0.25, 0.3) is 0 Å². The van der Waals surface area contributed by atoms with Crippen molar-refractivity contribution >= 4 is 23.5 Å². The molecule has 1 aromatic carbocycles. The van der Waals surface area contributed by atoms with E-state index in [-0.39, 0.29) is 18.4 Å². The van der Waals surface area contributed by atoms with E-state index in [1.54, 1.807) is 6.07 Å². The highest BCUT2D eigenvalue weighted by Gasteiger charge is 2.33. The quantitative estimate of drug-likeness (QED) is 0.776. The van der Waals surface area contributed by atoms with Gasteiger partial charge in [0, 0.05) is 30.2 Å². The lowest BCUT2D eigenvalue weighted by Crippen LogP contribution is -2.44. The molecule has 1 aliphatic rings. The minimum atomic E-state index is -0.861. The molecule has 0 bridgehead atoms.